The molecule has 0 radical (unpaired) electrons. The highest BCUT2D eigenvalue weighted by Gasteiger charge is 2.32. The fourth-order valence-corrected chi connectivity index (χ4v) is 8.10. The monoisotopic (exact) mass is 619 g/mol. The first-order valence-corrected chi connectivity index (χ1v) is 16.9. The summed E-state index contributed by atoms with van der Waals surface area (Å²) in [6.45, 7) is 0. The Morgan fingerprint density at radius 2 is 0.897 bits per heavy atom. The second-order valence-corrected chi connectivity index (χ2v) is 16.8. The van der Waals surface area contributed by atoms with Crippen molar-refractivity contribution in [1.82, 2.24) is 12.9 Å². The Kier molecular flexibility index (Phi) is 7.07. The molecule has 0 saturated heterocycles. The summed E-state index contributed by atoms with van der Waals surface area (Å²) in [7, 11) is -10.2. The second-order valence-electron chi connectivity index (χ2n) is 9.26. The van der Waals surface area contributed by atoms with Gasteiger partial charge in [0.2, 0.25) is 30.1 Å². The third-order valence-corrected chi connectivity index (χ3v) is 12.2. The van der Waals surface area contributed by atoms with Crippen molar-refractivity contribution in [3.8, 4) is 5.75 Å². The van der Waals surface area contributed by atoms with Gasteiger partial charge in [0.05, 0.1) is 14.7 Å². The van der Waals surface area contributed by atoms with E-state index in [0.717, 1.165) is 25.0 Å². The van der Waals surface area contributed by atoms with Crippen molar-refractivity contribution < 1.29 is 44.1 Å². The number of nitrogens with zero attached hydrogens (tertiary/aromatic N) is 3. The van der Waals surface area contributed by atoms with E-state index in [1.165, 1.54) is 66.6 Å². The summed E-state index contributed by atoms with van der Waals surface area (Å²) in [6, 6.07) is 7.48. The van der Waals surface area contributed by atoms with Gasteiger partial charge in [-0.15, -0.1) is 0 Å². The molecule has 2 N–H and O–H groups in total. The summed E-state index contributed by atoms with van der Waals surface area (Å²) in [5.74, 6) is -0.483. The molecule has 13 nitrogen and oxygen atoms in total. The van der Waals surface area contributed by atoms with Crippen molar-refractivity contribution in [1.29, 1.82) is 0 Å². The third-order valence-electron chi connectivity index (χ3n) is 6.24. The number of benzene rings is 4. The quantitative estimate of drug-likeness (QED) is 0.218. The van der Waals surface area contributed by atoms with Crippen LogP contribution < -0.4 is 4.52 Å². The lowest BCUT2D eigenvalue weighted by molar-refractivity contribution is 0.284. The number of sulfonamides is 3. The van der Waals surface area contributed by atoms with E-state index in [2.05, 4.69) is 0 Å². The average molecular weight is 620 g/mol. The fourth-order valence-electron chi connectivity index (χ4n) is 4.30. The third kappa shape index (κ3) is 4.69. The molecular weight excluding hydrogens is 593 g/mol. The largest absolute Gasteiger partial charge is 0.524 e. The van der Waals surface area contributed by atoms with Crippen LogP contribution in [0.5, 0.6) is 5.75 Å². The van der Waals surface area contributed by atoms with Gasteiger partial charge >= 0.3 is 7.82 Å². The van der Waals surface area contributed by atoms with Crippen molar-refractivity contribution in [3.63, 3.8) is 0 Å². The van der Waals surface area contributed by atoms with E-state index in [-0.39, 0.29) is 47.0 Å². The maximum absolute atomic E-state index is 13.4. The van der Waals surface area contributed by atoms with Gasteiger partial charge in [-0.3, -0.25) is 9.79 Å². The Morgan fingerprint density at radius 1 is 0.590 bits per heavy atom. The molecule has 0 aliphatic heterocycles. The van der Waals surface area contributed by atoms with Crippen LogP contribution in [0, 0.1) is 0 Å². The lowest BCUT2D eigenvalue weighted by atomic mass is 9.94. The van der Waals surface area contributed by atoms with Crippen LogP contribution in [0.1, 0.15) is 0 Å². The first kappa shape index (κ1) is 29.6. The highest BCUT2D eigenvalue weighted by molar-refractivity contribution is 7.90. The first-order valence-electron chi connectivity index (χ1n) is 11.0. The maximum Gasteiger partial charge on any atom is 0.524 e. The molecule has 0 amide bonds. The zero-order valence-electron chi connectivity index (χ0n) is 21.6. The summed E-state index contributed by atoms with van der Waals surface area (Å²) < 4.78 is 99.5. The molecule has 0 saturated carbocycles. The smallest absolute Gasteiger partial charge is 0.404 e. The number of phosphoric acid groups is 1. The Balaban J connectivity index is 2.41. The molecule has 0 aliphatic rings. The first-order chi connectivity index (χ1) is 17.7. The van der Waals surface area contributed by atoms with Crippen LogP contribution in [0.25, 0.3) is 32.3 Å². The van der Waals surface area contributed by atoms with Gasteiger partial charge in [0.1, 0.15) is 5.75 Å². The SMILES string of the molecule is CN(C)S(=O)(=O)c1cc(OP(=O)(O)O)c2ccc3c(S(=O)(=O)N(C)C)cc(S(=O)(=O)N(C)C)c4ccc1c2c34. The van der Waals surface area contributed by atoms with Gasteiger partial charge in [0, 0.05) is 80.7 Å². The van der Waals surface area contributed by atoms with Gasteiger partial charge in [0.15, 0.2) is 0 Å². The molecule has 0 atom stereocenters. The zero-order valence-corrected chi connectivity index (χ0v) is 25.0. The fraction of sp³-hybridized carbons (Fsp3) is 0.273. The number of phosphoric ester groups is 1. The van der Waals surface area contributed by atoms with Crippen molar-refractivity contribution in [2.75, 3.05) is 42.3 Å². The van der Waals surface area contributed by atoms with Crippen LogP contribution >= 0.6 is 7.82 Å². The van der Waals surface area contributed by atoms with E-state index >= 15 is 0 Å². The average Bonchev–Trinajstić information content (AvgIpc) is 2.81. The van der Waals surface area contributed by atoms with Crippen LogP contribution in [-0.4, -0.2) is 90.2 Å². The lowest BCUT2D eigenvalue weighted by Gasteiger charge is -2.23. The molecule has 0 fully saturated rings. The van der Waals surface area contributed by atoms with E-state index in [0.29, 0.717) is 0 Å². The Labute approximate surface area is 225 Å². The summed E-state index contributed by atoms with van der Waals surface area (Å²) in [5.41, 5.74) is 0. The van der Waals surface area contributed by atoms with Gasteiger partial charge in [-0.05, 0) is 12.1 Å². The molecule has 0 heterocycles. The van der Waals surface area contributed by atoms with Gasteiger partial charge in [-0.25, -0.2) is 42.7 Å². The van der Waals surface area contributed by atoms with E-state index < -0.39 is 43.6 Å². The topological polar surface area (TPSA) is 179 Å². The highest BCUT2D eigenvalue weighted by Crippen LogP contribution is 2.48. The summed E-state index contributed by atoms with van der Waals surface area (Å²) in [5, 5.41) is 0.397. The zero-order chi connectivity index (χ0) is 29.5. The van der Waals surface area contributed by atoms with Crippen LogP contribution in [0.2, 0.25) is 0 Å². The molecule has 0 spiro atoms. The highest BCUT2D eigenvalue weighted by atomic mass is 32.2. The summed E-state index contributed by atoms with van der Waals surface area (Å²) in [4.78, 5) is 18.0. The van der Waals surface area contributed by atoms with Gasteiger partial charge in [-0.2, -0.15) is 0 Å². The Bertz CT molecular complexity index is 1960. The lowest BCUT2D eigenvalue weighted by Crippen LogP contribution is -2.25. The molecule has 4 aromatic rings. The maximum atomic E-state index is 13.4. The number of hydrogen-bond acceptors (Lipinski definition) is 8. The Hall–Kier alpha value is -2.40. The van der Waals surface area contributed by atoms with E-state index in [4.69, 9.17) is 4.52 Å². The number of hydrogen-bond donors (Lipinski definition) is 2. The van der Waals surface area contributed by atoms with E-state index in [9.17, 15) is 39.6 Å². The molecule has 4 aromatic carbocycles. The van der Waals surface area contributed by atoms with Gasteiger partial charge in [-0.1, -0.05) is 18.2 Å². The van der Waals surface area contributed by atoms with Crippen molar-refractivity contribution >= 4 is 70.2 Å². The standard InChI is InChI=1S/C22H26N3O10PS3/c1-23(2)37(29,30)18-11-17(35-36(26,27)28)13-7-8-15-19(38(31,32)24(3)4)12-20(39(33,34)25(5)6)16-10-9-14(18)21(13)22(15)16/h7-12H,1-6H3,(H2,26,27,28). The minimum atomic E-state index is -5.19. The number of rotatable bonds is 8. The molecule has 0 bridgehead atoms. The molecule has 0 unspecified atom stereocenters. The van der Waals surface area contributed by atoms with Crippen LogP contribution in [-0.2, 0) is 34.6 Å². The molecular formula is C22H26N3O10PS3. The van der Waals surface area contributed by atoms with Crippen molar-refractivity contribution in [3.05, 3.63) is 36.4 Å². The predicted molar refractivity (Wildman–Crippen MR) is 145 cm³/mol. The molecule has 212 valence electrons. The Morgan fingerprint density at radius 3 is 1.23 bits per heavy atom. The van der Waals surface area contributed by atoms with Crippen LogP contribution in [0.4, 0.5) is 0 Å². The second kappa shape index (κ2) is 9.33. The molecule has 4 rings (SSSR count). The van der Waals surface area contributed by atoms with Crippen LogP contribution in [0.15, 0.2) is 51.1 Å². The molecule has 39 heavy (non-hydrogen) atoms. The van der Waals surface area contributed by atoms with Crippen molar-refractivity contribution in [2.45, 2.75) is 14.7 Å². The molecule has 17 heteroatoms. The van der Waals surface area contributed by atoms with Crippen molar-refractivity contribution in [2.24, 2.45) is 0 Å². The summed E-state index contributed by atoms with van der Waals surface area (Å²) >= 11 is 0. The van der Waals surface area contributed by atoms with E-state index in [1.54, 1.807) is 0 Å². The molecule has 0 aromatic heterocycles. The van der Waals surface area contributed by atoms with Gasteiger partial charge < -0.3 is 4.52 Å². The van der Waals surface area contributed by atoms with Crippen LogP contribution in [0.3, 0.4) is 0 Å². The van der Waals surface area contributed by atoms with E-state index in [1.807, 2.05) is 0 Å². The predicted octanol–water partition coefficient (Wildman–Crippen LogP) is 1.81. The molecule has 0 aliphatic carbocycles. The minimum Gasteiger partial charge on any atom is -0.404 e. The normalized spacial score (nSPS) is 14.0. The minimum absolute atomic E-state index is 0.0386. The summed E-state index contributed by atoms with van der Waals surface area (Å²) in [6.07, 6.45) is 0. The van der Waals surface area contributed by atoms with Gasteiger partial charge in [0.25, 0.3) is 0 Å².